The number of rotatable bonds is 6. The number of likely N-dealkylation sites (tertiary alicyclic amines) is 2. The van der Waals surface area contributed by atoms with Crippen LogP contribution in [0.5, 0.6) is 0 Å². The Balaban J connectivity index is 1.79. The van der Waals surface area contributed by atoms with Crippen molar-refractivity contribution in [3.8, 4) is 0 Å². The molecule has 0 spiro atoms. The average Bonchev–Trinajstić information content (AvgIpc) is 3.06. The summed E-state index contributed by atoms with van der Waals surface area (Å²) in [5, 5.41) is 7.04. The van der Waals surface area contributed by atoms with Gasteiger partial charge < -0.3 is 15.5 Å². The molecule has 150 valence electrons. The molecular formula is C20H39N5O. The quantitative estimate of drug-likeness (QED) is 0.558. The topological polar surface area (TPSA) is 60.0 Å². The molecule has 0 saturated carbocycles. The number of hydrogen-bond acceptors (Lipinski definition) is 3. The van der Waals surface area contributed by atoms with E-state index in [2.05, 4.69) is 34.4 Å². The highest BCUT2D eigenvalue weighted by Gasteiger charge is 2.28. The zero-order valence-electron chi connectivity index (χ0n) is 17.4. The predicted octanol–water partition coefficient (Wildman–Crippen LogP) is 1.92. The van der Waals surface area contributed by atoms with Crippen LogP contribution in [0.4, 0.5) is 0 Å². The Kier molecular flexibility index (Phi) is 8.19. The van der Waals surface area contributed by atoms with Crippen molar-refractivity contribution in [1.82, 2.24) is 20.4 Å². The van der Waals surface area contributed by atoms with Crippen molar-refractivity contribution in [2.24, 2.45) is 16.8 Å². The van der Waals surface area contributed by atoms with Crippen LogP contribution in [0.1, 0.15) is 53.4 Å². The largest absolute Gasteiger partial charge is 0.355 e. The van der Waals surface area contributed by atoms with Crippen LogP contribution < -0.4 is 10.6 Å². The van der Waals surface area contributed by atoms with E-state index in [1.54, 1.807) is 0 Å². The minimum absolute atomic E-state index is 0.0735. The molecule has 0 aromatic rings. The highest BCUT2D eigenvalue weighted by molar-refractivity contribution is 5.81. The number of guanidine groups is 1. The average molecular weight is 366 g/mol. The molecule has 2 heterocycles. The second-order valence-corrected chi connectivity index (χ2v) is 8.56. The van der Waals surface area contributed by atoms with Gasteiger partial charge in [-0.25, -0.2) is 0 Å². The second-order valence-electron chi connectivity index (χ2n) is 8.56. The van der Waals surface area contributed by atoms with Crippen molar-refractivity contribution in [3.05, 3.63) is 0 Å². The summed E-state index contributed by atoms with van der Waals surface area (Å²) < 4.78 is 0. The Bertz CT molecular complexity index is 477. The van der Waals surface area contributed by atoms with E-state index < -0.39 is 0 Å². The number of aliphatic imine (C=N–C) groups is 1. The van der Waals surface area contributed by atoms with Crippen LogP contribution in [-0.2, 0) is 4.79 Å². The molecule has 0 aliphatic carbocycles. The normalized spacial score (nSPS) is 25.2. The molecule has 2 N–H and O–H groups in total. The van der Waals surface area contributed by atoms with E-state index in [0.29, 0.717) is 18.0 Å². The third kappa shape index (κ3) is 6.15. The SMILES string of the molecule is CN=C(NCC1CCCCN1CC(C)C)NC1CCN(C(=O)C(C)C)C1. The Hall–Kier alpha value is -1.30. The Morgan fingerprint density at radius 1 is 1.15 bits per heavy atom. The maximum absolute atomic E-state index is 12.1. The second kappa shape index (κ2) is 10.1. The van der Waals surface area contributed by atoms with Gasteiger partial charge in [0.25, 0.3) is 0 Å². The standard InChI is InChI=1S/C20H39N5O/c1-15(2)13-24-10-7-6-8-18(24)12-22-20(21-5)23-17-9-11-25(14-17)19(26)16(3)4/h15-18H,6-14H2,1-5H3,(H2,21,22,23). The van der Waals surface area contributed by atoms with Gasteiger partial charge >= 0.3 is 0 Å². The molecule has 0 bridgehead atoms. The molecule has 6 heteroatoms. The maximum atomic E-state index is 12.1. The van der Waals surface area contributed by atoms with Crippen LogP contribution in [0.25, 0.3) is 0 Å². The molecule has 2 fully saturated rings. The zero-order chi connectivity index (χ0) is 19.1. The highest BCUT2D eigenvalue weighted by Crippen LogP contribution is 2.18. The highest BCUT2D eigenvalue weighted by atomic mass is 16.2. The maximum Gasteiger partial charge on any atom is 0.225 e. The van der Waals surface area contributed by atoms with E-state index in [9.17, 15) is 4.79 Å². The number of carbonyl (C=O) groups is 1. The first-order valence-electron chi connectivity index (χ1n) is 10.4. The fourth-order valence-corrected chi connectivity index (χ4v) is 4.05. The van der Waals surface area contributed by atoms with Gasteiger partial charge in [0.05, 0.1) is 0 Å². The van der Waals surface area contributed by atoms with E-state index in [-0.39, 0.29) is 11.8 Å². The van der Waals surface area contributed by atoms with Crippen molar-refractivity contribution in [3.63, 3.8) is 0 Å². The van der Waals surface area contributed by atoms with Gasteiger partial charge in [0.1, 0.15) is 0 Å². The van der Waals surface area contributed by atoms with Crippen molar-refractivity contribution in [1.29, 1.82) is 0 Å². The van der Waals surface area contributed by atoms with Crippen LogP contribution in [0.3, 0.4) is 0 Å². The first kappa shape index (κ1) is 21.0. The molecule has 0 radical (unpaired) electrons. The number of piperidine rings is 1. The molecule has 1 amide bonds. The minimum Gasteiger partial charge on any atom is -0.355 e. The van der Waals surface area contributed by atoms with Crippen molar-refractivity contribution >= 4 is 11.9 Å². The number of nitrogens with zero attached hydrogens (tertiary/aromatic N) is 3. The van der Waals surface area contributed by atoms with Gasteiger partial charge in [-0.15, -0.1) is 0 Å². The third-order valence-electron chi connectivity index (χ3n) is 5.41. The lowest BCUT2D eigenvalue weighted by molar-refractivity contribution is -0.133. The fourth-order valence-electron chi connectivity index (χ4n) is 4.05. The van der Waals surface area contributed by atoms with Crippen molar-refractivity contribution in [2.75, 3.05) is 39.8 Å². The third-order valence-corrected chi connectivity index (χ3v) is 5.41. The Morgan fingerprint density at radius 3 is 2.58 bits per heavy atom. The summed E-state index contributed by atoms with van der Waals surface area (Å²) in [6.45, 7) is 13.5. The smallest absolute Gasteiger partial charge is 0.225 e. The van der Waals surface area contributed by atoms with E-state index in [0.717, 1.165) is 32.0 Å². The molecule has 26 heavy (non-hydrogen) atoms. The van der Waals surface area contributed by atoms with Crippen LogP contribution in [0.2, 0.25) is 0 Å². The number of hydrogen-bond donors (Lipinski definition) is 2. The van der Waals surface area contributed by atoms with Gasteiger partial charge in [-0.3, -0.25) is 14.7 Å². The lowest BCUT2D eigenvalue weighted by atomic mass is 10.0. The zero-order valence-corrected chi connectivity index (χ0v) is 17.4. The van der Waals surface area contributed by atoms with E-state index >= 15 is 0 Å². The van der Waals surface area contributed by atoms with Gasteiger partial charge in [-0.05, 0) is 31.7 Å². The fraction of sp³-hybridized carbons (Fsp3) is 0.900. The number of carbonyl (C=O) groups excluding carboxylic acids is 1. The van der Waals surface area contributed by atoms with Gasteiger partial charge in [-0.2, -0.15) is 0 Å². The molecule has 2 saturated heterocycles. The number of nitrogens with one attached hydrogen (secondary N) is 2. The summed E-state index contributed by atoms with van der Waals surface area (Å²) in [5.74, 6) is 1.90. The van der Waals surface area contributed by atoms with E-state index in [1.807, 2.05) is 25.8 Å². The van der Waals surface area contributed by atoms with Gasteiger partial charge in [0.2, 0.25) is 5.91 Å². The molecule has 2 aliphatic rings. The van der Waals surface area contributed by atoms with Crippen molar-refractivity contribution < 1.29 is 4.79 Å². The van der Waals surface area contributed by atoms with Crippen LogP contribution in [0, 0.1) is 11.8 Å². The lowest BCUT2D eigenvalue weighted by Crippen LogP contribution is -2.51. The minimum atomic E-state index is 0.0735. The molecule has 0 aromatic heterocycles. The summed E-state index contributed by atoms with van der Waals surface area (Å²) in [7, 11) is 1.83. The summed E-state index contributed by atoms with van der Waals surface area (Å²) in [6.07, 6.45) is 4.89. The predicted molar refractivity (Wildman–Crippen MR) is 108 cm³/mol. The first-order valence-corrected chi connectivity index (χ1v) is 10.4. The van der Waals surface area contributed by atoms with Gasteiger partial charge in [0.15, 0.2) is 5.96 Å². The monoisotopic (exact) mass is 365 g/mol. The van der Waals surface area contributed by atoms with Gasteiger partial charge in [-0.1, -0.05) is 34.1 Å². The number of amides is 1. The molecule has 6 nitrogen and oxygen atoms in total. The Labute approximate surface area is 159 Å². The summed E-state index contributed by atoms with van der Waals surface area (Å²) in [5.41, 5.74) is 0. The lowest BCUT2D eigenvalue weighted by Gasteiger charge is -2.37. The van der Waals surface area contributed by atoms with E-state index in [1.165, 1.54) is 32.4 Å². The first-order chi connectivity index (χ1) is 12.4. The molecule has 2 rings (SSSR count). The summed E-state index contributed by atoms with van der Waals surface area (Å²) in [4.78, 5) is 21.2. The molecule has 2 aliphatic heterocycles. The summed E-state index contributed by atoms with van der Waals surface area (Å²) in [6, 6.07) is 0.884. The molecule has 0 aromatic carbocycles. The molecule has 2 unspecified atom stereocenters. The van der Waals surface area contributed by atoms with Gasteiger partial charge in [0, 0.05) is 51.2 Å². The van der Waals surface area contributed by atoms with Crippen LogP contribution in [0.15, 0.2) is 4.99 Å². The Morgan fingerprint density at radius 2 is 1.92 bits per heavy atom. The van der Waals surface area contributed by atoms with E-state index in [4.69, 9.17) is 0 Å². The van der Waals surface area contributed by atoms with Crippen LogP contribution in [-0.4, -0.2) is 73.5 Å². The molecular weight excluding hydrogens is 326 g/mol. The molecule has 2 atom stereocenters. The summed E-state index contributed by atoms with van der Waals surface area (Å²) >= 11 is 0. The van der Waals surface area contributed by atoms with Crippen LogP contribution >= 0.6 is 0 Å². The van der Waals surface area contributed by atoms with Crippen molar-refractivity contribution in [2.45, 2.75) is 65.5 Å².